The third-order valence-electron chi connectivity index (χ3n) is 5.44. The lowest BCUT2D eigenvalue weighted by Gasteiger charge is -2.17. The largest absolute Gasteiger partial charge is 0.497 e. The Balaban J connectivity index is 1.35. The molecule has 3 heterocycles. The molecule has 0 unspecified atom stereocenters. The number of ketones is 1. The number of hydrogen-bond donors (Lipinski definition) is 1. The van der Waals surface area contributed by atoms with Crippen molar-refractivity contribution in [3.63, 3.8) is 0 Å². The highest BCUT2D eigenvalue weighted by Gasteiger charge is 2.26. The molecule has 0 bridgehead atoms. The molecular formula is C23H28N6O3S. The Morgan fingerprint density at radius 1 is 1.24 bits per heavy atom. The average molecular weight is 469 g/mol. The number of aromatic nitrogens is 4. The van der Waals surface area contributed by atoms with Gasteiger partial charge in [-0.3, -0.25) is 4.79 Å². The maximum absolute atomic E-state index is 13.0. The molecule has 2 atom stereocenters. The summed E-state index contributed by atoms with van der Waals surface area (Å²) < 4.78 is 11.0. The van der Waals surface area contributed by atoms with Gasteiger partial charge in [-0.15, -0.1) is 15.3 Å². The highest BCUT2D eigenvalue weighted by atomic mass is 32.1. The van der Waals surface area contributed by atoms with Crippen LogP contribution in [0.15, 0.2) is 36.4 Å². The molecule has 3 aromatic rings. The van der Waals surface area contributed by atoms with Crippen molar-refractivity contribution in [2.45, 2.75) is 38.8 Å². The molecule has 9 nitrogen and oxygen atoms in total. The molecule has 1 aromatic carbocycles. The van der Waals surface area contributed by atoms with E-state index in [0.717, 1.165) is 36.6 Å². The first-order valence-electron chi connectivity index (χ1n) is 11.0. The normalized spacial score (nSPS) is 16.6. The van der Waals surface area contributed by atoms with E-state index < -0.39 is 6.10 Å². The van der Waals surface area contributed by atoms with Gasteiger partial charge in [-0.2, -0.15) is 5.10 Å². The van der Waals surface area contributed by atoms with Gasteiger partial charge >= 0.3 is 0 Å². The van der Waals surface area contributed by atoms with Crippen molar-refractivity contribution in [2.24, 2.45) is 0 Å². The number of hydrogen-bond acceptors (Lipinski definition) is 10. The Labute approximate surface area is 197 Å². The summed E-state index contributed by atoms with van der Waals surface area (Å²) in [6.07, 6.45) is 0.465. The molecule has 2 aromatic heterocycles. The molecule has 4 rings (SSSR count). The molecule has 10 heteroatoms. The van der Waals surface area contributed by atoms with Crippen molar-refractivity contribution < 1.29 is 14.3 Å². The molecule has 33 heavy (non-hydrogen) atoms. The van der Waals surface area contributed by atoms with E-state index in [1.54, 1.807) is 7.11 Å². The zero-order valence-corrected chi connectivity index (χ0v) is 19.8. The first-order valence-corrected chi connectivity index (χ1v) is 11.8. The van der Waals surface area contributed by atoms with Crippen LogP contribution < -0.4 is 15.0 Å². The lowest BCUT2D eigenvalue weighted by Crippen LogP contribution is -2.26. The lowest BCUT2D eigenvalue weighted by atomic mass is 10.0. The molecule has 0 aliphatic carbocycles. The summed E-state index contributed by atoms with van der Waals surface area (Å²) in [6, 6.07) is 11.6. The summed E-state index contributed by atoms with van der Waals surface area (Å²) in [4.78, 5) is 15.2. The molecule has 1 aliphatic rings. The molecule has 1 fully saturated rings. The first kappa shape index (κ1) is 23.1. The van der Waals surface area contributed by atoms with Gasteiger partial charge in [0.05, 0.1) is 19.2 Å². The zero-order valence-electron chi connectivity index (χ0n) is 19.0. The summed E-state index contributed by atoms with van der Waals surface area (Å²) in [7, 11) is 1.60. The minimum absolute atomic E-state index is 0.0576. The number of nitrogens with zero attached hydrogens (tertiary/aromatic N) is 5. The SMILES string of the molecule is CCO[C@H](C(=O)Cc1nnc(N[C@@H]2CCN(c3ccc(C)nn3)C2)s1)c1cccc(OC)c1. The van der Waals surface area contributed by atoms with Crippen LogP contribution in [0.25, 0.3) is 0 Å². The van der Waals surface area contributed by atoms with Crippen LogP contribution in [0.1, 0.15) is 35.7 Å². The second-order valence-corrected chi connectivity index (χ2v) is 8.93. The van der Waals surface area contributed by atoms with E-state index in [4.69, 9.17) is 9.47 Å². The van der Waals surface area contributed by atoms with Crippen LogP contribution >= 0.6 is 11.3 Å². The highest BCUT2D eigenvalue weighted by molar-refractivity contribution is 7.15. The number of benzene rings is 1. The predicted molar refractivity (Wildman–Crippen MR) is 127 cm³/mol. The molecule has 0 saturated carbocycles. The van der Waals surface area contributed by atoms with Crippen molar-refractivity contribution in [2.75, 3.05) is 37.0 Å². The van der Waals surface area contributed by atoms with Crippen molar-refractivity contribution in [3.05, 3.63) is 52.7 Å². The van der Waals surface area contributed by atoms with Gasteiger partial charge < -0.3 is 19.7 Å². The molecule has 0 spiro atoms. The van der Waals surface area contributed by atoms with E-state index in [2.05, 4.69) is 30.6 Å². The van der Waals surface area contributed by atoms with Crippen molar-refractivity contribution in [1.82, 2.24) is 20.4 Å². The summed E-state index contributed by atoms with van der Waals surface area (Å²) >= 11 is 1.40. The van der Waals surface area contributed by atoms with Gasteiger partial charge in [0, 0.05) is 25.7 Å². The van der Waals surface area contributed by atoms with E-state index >= 15 is 0 Å². The third kappa shape index (κ3) is 5.82. The zero-order chi connectivity index (χ0) is 23.2. The summed E-state index contributed by atoms with van der Waals surface area (Å²) in [5, 5.41) is 21.7. The van der Waals surface area contributed by atoms with E-state index in [1.165, 1.54) is 11.3 Å². The molecule has 1 N–H and O–H groups in total. The second-order valence-electron chi connectivity index (χ2n) is 7.86. The molecule has 0 amide bonds. The van der Waals surface area contributed by atoms with Crippen LogP contribution in [0, 0.1) is 6.92 Å². The van der Waals surface area contributed by atoms with Gasteiger partial charge in [-0.25, -0.2) is 0 Å². The Bertz CT molecular complexity index is 1070. The third-order valence-corrected chi connectivity index (χ3v) is 6.29. The van der Waals surface area contributed by atoms with Crippen LogP contribution in [0.4, 0.5) is 10.9 Å². The van der Waals surface area contributed by atoms with Gasteiger partial charge in [0.25, 0.3) is 0 Å². The number of aryl methyl sites for hydroxylation is 1. The van der Waals surface area contributed by atoms with Gasteiger partial charge in [0.2, 0.25) is 5.13 Å². The fourth-order valence-electron chi connectivity index (χ4n) is 3.79. The smallest absolute Gasteiger partial charge is 0.205 e. The fraction of sp³-hybridized carbons (Fsp3) is 0.435. The number of anilines is 2. The Morgan fingerprint density at radius 3 is 2.88 bits per heavy atom. The quantitative estimate of drug-likeness (QED) is 0.480. The lowest BCUT2D eigenvalue weighted by molar-refractivity contribution is -0.130. The topological polar surface area (TPSA) is 102 Å². The minimum Gasteiger partial charge on any atom is -0.497 e. The van der Waals surface area contributed by atoms with Crippen molar-refractivity contribution in [1.29, 1.82) is 0 Å². The van der Waals surface area contributed by atoms with Crippen LogP contribution in [0.3, 0.4) is 0 Å². The highest BCUT2D eigenvalue weighted by Crippen LogP contribution is 2.27. The van der Waals surface area contributed by atoms with Crippen LogP contribution in [0.2, 0.25) is 0 Å². The van der Waals surface area contributed by atoms with Gasteiger partial charge in [0.15, 0.2) is 11.6 Å². The number of Topliss-reactive ketones (excluding diaryl/α,β-unsaturated/α-hetero) is 1. The van der Waals surface area contributed by atoms with Crippen molar-refractivity contribution >= 4 is 28.1 Å². The summed E-state index contributed by atoms with van der Waals surface area (Å²) in [5.41, 5.74) is 1.68. The molecule has 0 radical (unpaired) electrons. The number of methoxy groups -OCH3 is 1. The Kier molecular flexibility index (Phi) is 7.46. The Morgan fingerprint density at radius 2 is 2.12 bits per heavy atom. The minimum atomic E-state index is -0.663. The molecule has 1 saturated heterocycles. The average Bonchev–Trinajstić information content (AvgIpc) is 3.47. The number of rotatable bonds is 10. The van der Waals surface area contributed by atoms with Gasteiger partial charge in [0.1, 0.15) is 16.9 Å². The number of nitrogens with one attached hydrogen (secondary N) is 1. The standard InChI is InChI=1S/C23H28N6O3S/c1-4-32-22(16-6-5-7-18(12-16)31-3)19(30)13-21-27-28-23(33-21)24-17-10-11-29(14-17)20-9-8-15(2)25-26-20/h5-9,12,17,22H,4,10-11,13-14H2,1-3H3,(H,24,28)/t17-,22+/m1/s1. The van der Waals surface area contributed by atoms with Gasteiger partial charge in [-0.1, -0.05) is 23.5 Å². The first-order chi connectivity index (χ1) is 16.1. The van der Waals surface area contributed by atoms with Crippen molar-refractivity contribution in [3.8, 4) is 5.75 Å². The monoisotopic (exact) mass is 468 g/mol. The number of ether oxygens (including phenoxy) is 2. The predicted octanol–water partition coefficient (Wildman–Crippen LogP) is 3.23. The van der Waals surface area contributed by atoms with E-state index in [9.17, 15) is 4.79 Å². The van der Waals surface area contributed by atoms with E-state index in [1.807, 2.05) is 50.2 Å². The molecule has 1 aliphatic heterocycles. The van der Waals surface area contributed by atoms with Crippen LogP contribution in [-0.4, -0.2) is 59.0 Å². The molecule has 174 valence electrons. The maximum atomic E-state index is 13.0. The van der Waals surface area contributed by atoms with E-state index in [-0.39, 0.29) is 18.2 Å². The van der Waals surface area contributed by atoms with E-state index in [0.29, 0.717) is 22.5 Å². The Hall–Kier alpha value is -3.11. The summed E-state index contributed by atoms with van der Waals surface area (Å²) in [5.74, 6) is 1.51. The van der Waals surface area contributed by atoms with Gasteiger partial charge in [-0.05, 0) is 50.1 Å². The fourth-order valence-corrected chi connectivity index (χ4v) is 4.62. The number of carbonyl (C=O) groups excluding carboxylic acids is 1. The number of carbonyl (C=O) groups is 1. The van der Waals surface area contributed by atoms with Crippen LogP contribution in [-0.2, 0) is 16.0 Å². The molecular weight excluding hydrogens is 440 g/mol. The maximum Gasteiger partial charge on any atom is 0.205 e. The summed E-state index contributed by atoms with van der Waals surface area (Å²) in [6.45, 7) is 5.95. The van der Waals surface area contributed by atoms with Crippen LogP contribution in [0.5, 0.6) is 5.75 Å². The second kappa shape index (κ2) is 10.7.